The molecule has 0 saturated heterocycles. The molecule has 0 bridgehead atoms. The monoisotopic (exact) mass is 340 g/mol. The van der Waals surface area contributed by atoms with Crippen molar-refractivity contribution in [2.75, 3.05) is 13.2 Å². The molecule has 2 rings (SSSR count). The van der Waals surface area contributed by atoms with Crippen LogP contribution in [0.3, 0.4) is 0 Å². The Morgan fingerprint density at radius 3 is 2.80 bits per heavy atom. The Labute approximate surface area is 148 Å². The number of aryl methyl sites for hydroxylation is 1. The molecule has 0 saturated carbocycles. The van der Waals surface area contributed by atoms with Crippen LogP contribution >= 0.6 is 0 Å². The summed E-state index contributed by atoms with van der Waals surface area (Å²) in [6.45, 7) is 6.81. The highest BCUT2D eigenvalue weighted by Gasteiger charge is 2.17. The molecule has 1 amide bonds. The second-order valence-electron chi connectivity index (χ2n) is 6.29. The summed E-state index contributed by atoms with van der Waals surface area (Å²) in [6, 6.07) is 11.7. The molecule has 0 N–H and O–H groups in total. The fraction of sp³-hybridized carbons (Fsp3) is 0.400. The fourth-order valence-corrected chi connectivity index (χ4v) is 2.54. The Kier molecular flexibility index (Phi) is 6.64. The molecule has 0 spiro atoms. The van der Waals surface area contributed by atoms with E-state index in [1.54, 1.807) is 17.2 Å². The van der Waals surface area contributed by atoms with Gasteiger partial charge in [-0.2, -0.15) is 5.26 Å². The van der Waals surface area contributed by atoms with Gasteiger partial charge >= 0.3 is 0 Å². The average Bonchev–Trinajstić information content (AvgIpc) is 3.09. The number of carbonyl (C=O) groups is 1. The summed E-state index contributed by atoms with van der Waals surface area (Å²) in [5, 5.41) is 8.82. The lowest BCUT2D eigenvalue weighted by molar-refractivity contribution is -0.134. The second-order valence-corrected chi connectivity index (χ2v) is 6.29. The number of amides is 1. The van der Waals surface area contributed by atoms with Gasteiger partial charge in [0.2, 0.25) is 0 Å². The zero-order chi connectivity index (χ0) is 18.2. The summed E-state index contributed by atoms with van der Waals surface area (Å²) in [5.41, 5.74) is 2.16. The minimum atomic E-state index is -0.164. The molecule has 132 valence electrons. The maximum atomic E-state index is 12.6. The van der Waals surface area contributed by atoms with Crippen molar-refractivity contribution in [1.82, 2.24) is 4.90 Å². The van der Waals surface area contributed by atoms with Gasteiger partial charge in [0.1, 0.15) is 11.5 Å². The van der Waals surface area contributed by atoms with Crippen LogP contribution in [-0.4, -0.2) is 24.0 Å². The molecule has 0 atom stereocenters. The normalized spacial score (nSPS) is 10.5. The highest BCUT2D eigenvalue weighted by molar-refractivity contribution is 5.77. The van der Waals surface area contributed by atoms with Crippen molar-refractivity contribution in [3.63, 3.8) is 0 Å². The van der Waals surface area contributed by atoms with Crippen LogP contribution in [-0.2, 0) is 11.3 Å². The van der Waals surface area contributed by atoms with Crippen molar-refractivity contribution in [2.45, 2.75) is 39.7 Å². The van der Waals surface area contributed by atoms with Crippen LogP contribution < -0.4 is 4.74 Å². The highest BCUT2D eigenvalue weighted by Crippen LogP contribution is 2.27. The van der Waals surface area contributed by atoms with Crippen molar-refractivity contribution >= 4 is 5.91 Å². The largest absolute Gasteiger partial charge is 0.483 e. The van der Waals surface area contributed by atoms with E-state index in [0.29, 0.717) is 24.8 Å². The van der Waals surface area contributed by atoms with E-state index in [-0.39, 0.29) is 18.9 Å². The number of rotatable bonds is 8. The van der Waals surface area contributed by atoms with Gasteiger partial charge in [-0.25, -0.2) is 0 Å². The lowest BCUT2D eigenvalue weighted by Crippen LogP contribution is -2.35. The van der Waals surface area contributed by atoms with E-state index in [4.69, 9.17) is 14.4 Å². The maximum Gasteiger partial charge on any atom is 0.260 e. The van der Waals surface area contributed by atoms with E-state index < -0.39 is 0 Å². The molecular weight excluding hydrogens is 316 g/mol. The van der Waals surface area contributed by atoms with Crippen LogP contribution in [0.4, 0.5) is 0 Å². The highest BCUT2D eigenvalue weighted by atomic mass is 16.5. The van der Waals surface area contributed by atoms with Crippen LogP contribution in [0.15, 0.2) is 41.0 Å². The zero-order valence-electron chi connectivity index (χ0n) is 15.0. The van der Waals surface area contributed by atoms with Crippen LogP contribution in [0.1, 0.15) is 43.1 Å². The third kappa shape index (κ3) is 5.39. The van der Waals surface area contributed by atoms with E-state index in [1.165, 1.54) is 0 Å². The predicted octanol–water partition coefficient (Wildman–Crippen LogP) is 4.03. The SMILES string of the molecule is Cc1ccc(C(C)C)c(OCC(=O)N(CCC#N)Cc2ccco2)c1. The van der Waals surface area contributed by atoms with Crippen LogP contribution in [0, 0.1) is 18.3 Å². The van der Waals surface area contributed by atoms with E-state index in [2.05, 4.69) is 19.9 Å². The number of hydrogen-bond acceptors (Lipinski definition) is 4. The fourth-order valence-electron chi connectivity index (χ4n) is 2.54. The molecule has 5 nitrogen and oxygen atoms in total. The Balaban J connectivity index is 2.05. The van der Waals surface area contributed by atoms with Gasteiger partial charge in [-0.15, -0.1) is 0 Å². The third-order valence-corrected chi connectivity index (χ3v) is 3.92. The summed E-state index contributed by atoms with van der Waals surface area (Å²) < 4.78 is 11.1. The van der Waals surface area contributed by atoms with Crippen molar-refractivity contribution < 1.29 is 13.9 Å². The molecule has 0 unspecified atom stereocenters. The summed E-state index contributed by atoms with van der Waals surface area (Å²) in [6.07, 6.45) is 1.84. The molecule has 1 heterocycles. The lowest BCUT2D eigenvalue weighted by atomic mass is 10.0. The third-order valence-electron chi connectivity index (χ3n) is 3.92. The predicted molar refractivity (Wildman–Crippen MR) is 95.1 cm³/mol. The quantitative estimate of drug-likeness (QED) is 0.727. The number of nitriles is 1. The molecule has 0 radical (unpaired) electrons. The first-order chi connectivity index (χ1) is 12.0. The van der Waals surface area contributed by atoms with E-state index in [0.717, 1.165) is 16.9 Å². The van der Waals surface area contributed by atoms with Gasteiger partial charge in [0, 0.05) is 6.54 Å². The van der Waals surface area contributed by atoms with Gasteiger partial charge in [0.05, 0.1) is 25.3 Å². The van der Waals surface area contributed by atoms with Crippen molar-refractivity contribution in [3.05, 3.63) is 53.5 Å². The van der Waals surface area contributed by atoms with Crippen molar-refractivity contribution in [1.29, 1.82) is 5.26 Å². The average molecular weight is 340 g/mol. The molecule has 0 aliphatic carbocycles. The lowest BCUT2D eigenvalue weighted by Gasteiger charge is -2.21. The molecule has 0 aliphatic heterocycles. The van der Waals surface area contributed by atoms with E-state index in [1.807, 2.05) is 31.2 Å². The number of benzene rings is 1. The number of carbonyl (C=O) groups excluding carboxylic acids is 1. The molecule has 0 aliphatic rings. The number of nitrogens with zero attached hydrogens (tertiary/aromatic N) is 2. The number of hydrogen-bond donors (Lipinski definition) is 0. The first-order valence-corrected chi connectivity index (χ1v) is 8.41. The smallest absolute Gasteiger partial charge is 0.260 e. The molecule has 5 heteroatoms. The van der Waals surface area contributed by atoms with Crippen LogP contribution in [0.5, 0.6) is 5.75 Å². The molecule has 25 heavy (non-hydrogen) atoms. The minimum absolute atomic E-state index is 0.0602. The van der Waals surface area contributed by atoms with Crippen LogP contribution in [0.25, 0.3) is 0 Å². The van der Waals surface area contributed by atoms with Gasteiger partial charge in [0.25, 0.3) is 5.91 Å². The molecule has 2 aromatic rings. The first-order valence-electron chi connectivity index (χ1n) is 8.41. The van der Waals surface area contributed by atoms with Gasteiger partial charge < -0.3 is 14.1 Å². The molecule has 0 fully saturated rings. The summed E-state index contributed by atoms with van der Waals surface area (Å²) in [7, 11) is 0. The zero-order valence-corrected chi connectivity index (χ0v) is 15.0. The molecule has 1 aromatic heterocycles. The Hall–Kier alpha value is -2.74. The second kappa shape index (κ2) is 8.93. The van der Waals surface area contributed by atoms with Crippen molar-refractivity contribution in [2.24, 2.45) is 0 Å². The van der Waals surface area contributed by atoms with E-state index >= 15 is 0 Å². The standard InChI is InChI=1S/C20H24N2O3/c1-15(2)18-8-7-16(3)12-19(18)25-14-20(23)22(10-5-9-21)13-17-6-4-11-24-17/h4,6-8,11-12,15H,5,10,13-14H2,1-3H3. The maximum absolute atomic E-state index is 12.6. The van der Waals surface area contributed by atoms with Crippen LogP contribution in [0.2, 0.25) is 0 Å². The summed E-state index contributed by atoms with van der Waals surface area (Å²) in [5.74, 6) is 1.57. The molecule has 1 aromatic carbocycles. The number of furan rings is 1. The Morgan fingerprint density at radius 1 is 1.36 bits per heavy atom. The summed E-state index contributed by atoms with van der Waals surface area (Å²) >= 11 is 0. The Morgan fingerprint density at radius 2 is 2.16 bits per heavy atom. The first kappa shape index (κ1) is 18.6. The van der Waals surface area contributed by atoms with Crippen molar-refractivity contribution in [3.8, 4) is 11.8 Å². The van der Waals surface area contributed by atoms with Gasteiger partial charge in [-0.3, -0.25) is 4.79 Å². The topological polar surface area (TPSA) is 66.5 Å². The van der Waals surface area contributed by atoms with Gasteiger partial charge in [0.15, 0.2) is 6.61 Å². The van der Waals surface area contributed by atoms with Gasteiger partial charge in [-0.1, -0.05) is 26.0 Å². The molecular formula is C20H24N2O3. The number of ether oxygens (including phenoxy) is 1. The van der Waals surface area contributed by atoms with E-state index in [9.17, 15) is 4.79 Å². The summed E-state index contributed by atoms with van der Waals surface area (Å²) in [4.78, 5) is 14.2. The van der Waals surface area contributed by atoms with Gasteiger partial charge in [-0.05, 0) is 42.2 Å². The Bertz CT molecular complexity index is 730. The minimum Gasteiger partial charge on any atom is -0.483 e.